The van der Waals surface area contributed by atoms with Gasteiger partial charge < -0.3 is 10.1 Å². The van der Waals surface area contributed by atoms with E-state index < -0.39 is 6.10 Å². The van der Waals surface area contributed by atoms with Gasteiger partial charge >= 0.3 is 5.97 Å². The van der Waals surface area contributed by atoms with Crippen molar-refractivity contribution in [2.75, 3.05) is 6.54 Å². The van der Waals surface area contributed by atoms with Crippen molar-refractivity contribution in [3.05, 3.63) is 65.0 Å². The first-order valence-corrected chi connectivity index (χ1v) is 9.25. The number of nitrogens with one attached hydrogen (secondary N) is 1. The largest absolute Gasteiger partial charge is 0.457 e. The normalized spacial score (nSPS) is 12.3. The van der Waals surface area contributed by atoms with Crippen molar-refractivity contribution in [3.63, 3.8) is 0 Å². The van der Waals surface area contributed by atoms with Crippen molar-refractivity contribution in [2.24, 2.45) is 0 Å². The number of rotatable bonds is 7. The lowest BCUT2D eigenvalue weighted by Crippen LogP contribution is -2.33. The van der Waals surface area contributed by atoms with Gasteiger partial charge in [0.1, 0.15) is 6.10 Å². The van der Waals surface area contributed by atoms with Crippen LogP contribution in [0.3, 0.4) is 0 Å². The van der Waals surface area contributed by atoms with Crippen LogP contribution < -0.4 is 5.32 Å². The number of nitrogens with zero attached hydrogens (tertiary/aromatic N) is 1. The van der Waals surface area contributed by atoms with Gasteiger partial charge in [0.15, 0.2) is 0 Å². The summed E-state index contributed by atoms with van der Waals surface area (Å²) in [6, 6.07) is 9.06. The molecule has 146 valence electrons. The van der Waals surface area contributed by atoms with Crippen molar-refractivity contribution < 1.29 is 15.8 Å². The first kappa shape index (κ1) is 20.6. The quantitative estimate of drug-likeness (QED) is 0.738. The van der Waals surface area contributed by atoms with Gasteiger partial charge in [0.2, 0.25) is 0 Å². The number of carbonyl (C=O) groups excluding carboxylic acids is 2. The Labute approximate surface area is 162 Å². The highest BCUT2D eigenvalue weighted by Gasteiger charge is 2.21. The summed E-state index contributed by atoms with van der Waals surface area (Å²) in [5.74, 6) is -0.630. The van der Waals surface area contributed by atoms with Crippen molar-refractivity contribution in [3.8, 4) is 0 Å². The second-order valence-electron chi connectivity index (χ2n) is 7.43. The van der Waals surface area contributed by atoms with E-state index >= 15 is 0 Å². The van der Waals surface area contributed by atoms with Crippen LogP contribution in [0.15, 0.2) is 42.7 Å². The number of carbonyl (C=O) groups is 2. The minimum Gasteiger partial charge on any atom is -0.457 e. The molecule has 1 aromatic carbocycles. The molecule has 0 aliphatic heterocycles. The highest BCUT2D eigenvalue weighted by molar-refractivity contribution is 5.94. The van der Waals surface area contributed by atoms with Crippen LogP contribution in [0.5, 0.6) is 0 Å². The predicted octanol–water partition coefficient (Wildman–Crippen LogP) is 4.30. The fourth-order valence-electron chi connectivity index (χ4n) is 2.87. The van der Waals surface area contributed by atoms with E-state index in [1.165, 1.54) is 11.8 Å². The molecule has 1 unspecified atom stereocenters. The second kappa shape index (κ2) is 8.80. The minimum absolute atomic E-state index is 0. The SMILES string of the molecule is CCC(C)(C)c1ccc(C(=O)OC(C)CNC(=O)c2cccnc2)cc1C.[HH]. The lowest BCUT2D eigenvalue weighted by Gasteiger charge is -2.25. The Bertz CT molecular complexity index is 807. The Balaban J connectivity index is 0.00000392. The molecular weight excluding hydrogens is 340 g/mol. The highest BCUT2D eigenvalue weighted by Crippen LogP contribution is 2.30. The maximum absolute atomic E-state index is 12.4. The van der Waals surface area contributed by atoms with Gasteiger partial charge in [-0.05, 0) is 61.1 Å². The molecule has 0 bridgehead atoms. The van der Waals surface area contributed by atoms with Gasteiger partial charge in [0.05, 0.1) is 17.7 Å². The zero-order chi connectivity index (χ0) is 20.0. The molecule has 1 aromatic heterocycles. The Morgan fingerprint density at radius 3 is 2.59 bits per heavy atom. The zero-order valence-electron chi connectivity index (χ0n) is 16.7. The molecule has 0 radical (unpaired) electrons. The second-order valence-corrected chi connectivity index (χ2v) is 7.43. The molecule has 0 fully saturated rings. The number of pyridine rings is 1. The van der Waals surface area contributed by atoms with E-state index in [2.05, 4.69) is 31.1 Å². The number of aryl methyl sites for hydroxylation is 1. The van der Waals surface area contributed by atoms with Gasteiger partial charge in [0.25, 0.3) is 5.91 Å². The van der Waals surface area contributed by atoms with E-state index in [0.717, 1.165) is 12.0 Å². The van der Waals surface area contributed by atoms with E-state index in [4.69, 9.17) is 4.74 Å². The Hall–Kier alpha value is -2.69. The average molecular weight is 370 g/mol. The zero-order valence-corrected chi connectivity index (χ0v) is 16.7. The maximum Gasteiger partial charge on any atom is 0.338 e. The standard InChI is InChI=1S/C22H28N2O3.H2/c1-6-22(4,5)19-10-9-17(12-15(19)2)21(26)27-16(3)13-24-20(25)18-8-7-11-23-14-18;/h7-12,14,16H,6,13H2,1-5H3,(H,24,25);1H. The molecule has 5 nitrogen and oxygen atoms in total. The van der Waals surface area contributed by atoms with E-state index in [1.54, 1.807) is 25.3 Å². The summed E-state index contributed by atoms with van der Waals surface area (Å²) in [7, 11) is 0. The fourth-order valence-corrected chi connectivity index (χ4v) is 2.87. The molecule has 0 saturated heterocycles. The monoisotopic (exact) mass is 370 g/mol. The summed E-state index contributed by atoms with van der Waals surface area (Å²) in [4.78, 5) is 28.3. The van der Waals surface area contributed by atoms with Crippen LogP contribution in [-0.4, -0.2) is 29.5 Å². The Morgan fingerprint density at radius 2 is 2.00 bits per heavy atom. The Morgan fingerprint density at radius 1 is 1.26 bits per heavy atom. The van der Waals surface area contributed by atoms with Crippen molar-refractivity contribution >= 4 is 11.9 Å². The van der Waals surface area contributed by atoms with Crippen LogP contribution in [0.2, 0.25) is 0 Å². The van der Waals surface area contributed by atoms with Gasteiger partial charge in [-0.3, -0.25) is 9.78 Å². The number of hydrogen-bond donors (Lipinski definition) is 1. The van der Waals surface area contributed by atoms with Gasteiger partial charge in [-0.25, -0.2) is 4.79 Å². The summed E-state index contributed by atoms with van der Waals surface area (Å²) in [6.45, 7) is 10.5. The molecule has 1 heterocycles. The molecule has 0 spiro atoms. The van der Waals surface area contributed by atoms with Gasteiger partial charge in [0, 0.05) is 13.8 Å². The number of esters is 1. The van der Waals surface area contributed by atoms with Crippen LogP contribution >= 0.6 is 0 Å². The first-order valence-electron chi connectivity index (χ1n) is 9.25. The van der Waals surface area contributed by atoms with Crippen LogP contribution in [-0.2, 0) is 10.2 Å². The van der Waals surface area contributed by atoms with E-state index in [1.807, 2.05) is 25.1 Å². The molecule has 2 aromatic rings. The van der Waals surface area contributed by atoms with Gasteiger partial charge in [-0.2, -0.15) is 0 Å². The molecule has 1 amide bonds. The predicted molar refractivity (Wildman–Crippen MR) is 108 cm³/mol. The number of aromatic nitrogens is 1. The molecule has 1 atom stereocenters. The van der Waals surface area contributed by atoms with Gasteiger partial charge in [-0.15, -0.1) is 0 Å². The number of benzene rings is 1. The summed E-state index contributed by atoms with van der Waals surface area (Å²) in [5.41, 5.74) is 3.37. The van der Waals surface area contributed by atoms with Crippen LogP contribution in [0.25, 0.3) is 0 Å². The molecule has 27 heavy (non-hydrogen) atoms. The molecule has 0 aliphatic carbocycles. The molecule has 2 rings (SSSR count). The maximum atomic E-state index is 12.4. The average Bonchev–Trinajstić information content (AvgIpc) is 2.66. The van der Waals surface area contributed by atoms with E-state index in [0.29, 0.717) is 11.1 Å². The first-order chi connectivity index (χ1) is 12.7. The topological polar surface area (TPSA) is 68.3 Å². The molecule has 0 aliphatic rings. The van der Waals surface area contributed by atoms with Crippen molar-refractivity contribution in [1.82, 2.24) is 10.3 Å². The lowest BCUT2D eigenvalue weighted by atomic mass is 9.79. The van der Waals surface area contributed by atoms with Crippen molar-refractivity contribution in [2.45, 2.75) is 52.6 Å². The molecule has 0 saturated carbocycles. The highest BCUT2D eigenvalue weighted by atomic mass is 16.5. The van der Waals surface area contributed by atoms with Crippen LogP contribution in [0.1, 0.15) is 67.4 Å². The van der Waals surface area contributed by atoms with Crippen LogP contribution in [0.4, 0.5) is 0 Å². The third kappa shape index (κ3) is 5.39. The van der Waals surface area contributed by atoms with E-state index in [9.17, 15) is 9.59 Å². The number of hydrogen-bond acceptors (Lipinski definition) is 4. The van der Waals surface area contributed by atoms with E-state index in [-0.39, 0.29) is 25.3 Å². The smallest absolute Gasteiger partial charge is 0.338 e. The van der Waals surface area contributed by atoms with Crippen molar-refractivity contribution in [1.29, 1.82) is 0 Å². The summed E-state index contributed by atoms with van der Waals surface area (Å²) in [5, 5.41) is 2.75. The van der Waals surface area contributed by atoms with Crippen LogP contribution in [0, 0.1) is 6.92 Å². The summed E-state index contributed by atoms with van der Waals surface area (Å²) < 4.78 is 5.46. The third-order valence-electron chi connectivity index (χ3n) is 4.86. The summed E-state index contributed by atoms with van der Waals surface area (Å²) >= 11 is 0. The molecular formula is C22H30N2O3. The summed E-state index contributed by atoms with van der Waals surface area (Å²) in [6.07, 6.45) is 3.68. The number of amides is 1. The molecule has 5 heteroatoms. The lowest BCUT2D eigenvalue weighted by molar-refractivity contribution is 0.0337. The third-order valence-corrected chi connectivity index (χ3v) is 4.86. The Kier molecular flexibility index (Phi) is 6.72. The minimum atomic E-state index is -0.440. The fraction of sp³-hybridized carbons (Fsp3) is 0.409. The molecule has 1 N–H and O–H groups in total. The number of ether oxygens (including phenoxy) is 1. The van der Waals surface area contributed by atoms with Gasteiger partial charge in [-0.1, -0.05) is 26.8 Å².